The molecule has 0 saturated carbocycles. The number of hydrogen-bond donors (Lipinski definition) is 1. The molecule has 0 aliphatic carbocycles. The lowest BCUT2D eigenvalue weighted by molar-refractivity contribution is -0.120. The quantitative estimate of drug-likeness (QED) is 0.852. The Morgan fingerprint density at radius 2 is 2.12 bits per heavy atom. The number of carbonyl (C=O) groups is 1. The minimum absolute atomic E-state index is 0.273. The van der Waals surface area contributed by atoms with E-state index in [9.17, 15) is 13.2 Å². The molecule has 0 bridgehead atoms. The summed E-state index contributed by atoms with van der Waals surface area (Å²) >= 11 is 0. The van der Waals surface area contributed by atoms with E-state index in [0.717, 1.165) is 36.8 Å². The zero-order valence-corrected chi connectivity index (χ0v) is 15.4. The van der Waals surface area contributed by atoms with Crippen LogP contribution in [0.15, 0.2) is 18.2 Å². The Hall–Kier alpha value is -1.60. The van der Waals surface area contributed by atoms with Gasteiger partial charge in [0.25, 0.3) is 0 Å². The second kappa shape index (κ2) is 7.98. The molecule has 7 heteroatoms. The van der Waals surface area contributed by atoms with Crippen molar-refractivity contribution in [3.8, 4) is 5.75 Å². The number of rotatable bonds is 6. The summed E-state index contributed by atoms with van der Waals surface area (Å²) in [6.45, 7) is 4.99. The maximum Gasteiger partial charge on any atom is 0.242 e. The number of amides is 1. The van der Waals surface area contributed by atoms with Gasteiger partial charge in [0.05, 0.1) is 12.9 Å². The van der Waals surface area contributed by atoms with Crippen LogP contribution in [0.5, 0.6) is 5.75 Å². The maximum atomic E-state index is 12.6. The fraction of sp³-hybridized carbons (Fsp3) is 0.588. The number of carbonyl (C=O) groups excluding carboxylic acids is 1. The lowest BCUT2D eigenvalue weighted by atomic mass is 10.0. The molecule has 134 valence electrons. The smallest absolute Gasteiger partial charge is 0.242 e. The number of ether oxygens (including phenoxy) is 1. The molecule has 1 saturated heterocycles. The highest BCUT2D eigenvalue weighted by Gasteiger charge is 2.34. The summed E-state index contributed by atoms with van der Waals surface area (Å²) in [5.74, 6) is 0.494. The van der Waals surface area contributed by atoms with Crippen LogP contribution in [0.1, 0.15) is 38.2 Å². The number of hydrogen-bond acceptors (Lipinski definition) is 4. The van der Waals surface area contributed by atoms with Gasteiger partial charge in [-0.05, 0) is 49.9 Å². The molecule has 1 aromatic carbocycles. The van der Waals surface area contributed by atoms with Crippen LogP contribution in [0.2, 0.25) is 0 Å². The van der Waals surface area contributed by atoms with E-state index in [1.165, 1.54) is 4.31 Å². The lowest BCUT2D eigenvalue weighted by Gasteiger charge is -2.32. The van der Waals surface area contributed by atoms with Crippen molar-refractivity contribution in [2.24, 2.45) is 0 Å². The third-order valence-corrected chi connectivity index (χ3v) is 5.40. The summed E-state index contributed by atoms with van der Waals surface area (Å²) in [6, 6.07) is 4.85. The molecular weight excluding hydrogens is 328 g/mol. The monoisotopic (exact) mass is 354 g/mol. The highest BCUT2D eigenvalue weighted by atomic mass is 32.2. The van der Waals surface area contributed by atoms with Crippen LogP contribution in [0, 0.1) is 6.92 Å². The molecule has 24 heavy (non-hydrogen) atoms. The molecule has 1 fully saturated rings. The molecule has 1 unspecified atom stereocenters. The van der Waals surface area contributed by atoms with E-state index in [0.29, 0.717) is 25.3 Å². The summed E-state index contributed by atoms with van der Waals surface area (Å²) < 4.78 is 30.7. The van der Waals surface area contributed by atoms with Crippen LogP contribution < -0.4 is 10.1 Å². The third-order valence-electron chi connectivity index (χ3n) is 4.11. The van der Waals surface area contributed by atoms with Gasteiger partial charge in [0.15, 0.2) is 0 Å². The fourth-order valence-electron chi connectivity index (χ4n) is 2.87. The Bertz CT molecular complexity index is 688. The molecule has 0 radical (unpaired) electrons. The molecule has 1 amide bonds. The van der Waals surface area contributed by atoms with Crippen molar-refractivity contribution in [2.75, 3.05) is 24.7 Å². The van der Waals surface area contributed by atoms with Crippen molar-refractivity contribution in [3.05, 3.63) is 23.8 Å². The highest BCUT2D eigenvalue weighted by Crippen LogP contribution is 2.24. The topological polar surface area (TPSA) is 75.7 Å². The van der Waals surface area contributed by atoms with E-state index in [1.54, 1.807) is 6.07 Å². The third kappa shape index (κ3) is 4.70. The zero-order chi connectivity index (χ0) is 17.7. The molecule has 1 aromatic rings. The van der Waals surface area contributed by atoms with Crippen LogP contribution in [0.25, 0.3) is 0 Å². The SMILES string of the molecule is CCCOc1ccc(NC(=O)C2CCCCN2S(C)(=O)=O)c(C)c1. The second-order valence-electron chi connectivity index (χ2n) is 6.20. The van der Waals surface area contributed by atoms with Crippen LogP contribution in [-0.4, -0.2) is 44.1 Å². The first-order chi connectivity index (χ1) is 11.3. The van der Waals surface area contributed by atoms with E-state index in [1.807, 2.05) is 26.0 Å². The zero-order valence-electron chi connectivity index (χ0n) is 14.5. The van der Waals surface area contributed by atoms with Crippen LogP contribution in [0.3, 0.4) is 0 Å². The Morgan fingerprint density at radius 3 is 2.75 bits per heavy atom. The molecule has 6 nitrogen and oxygen atoms in total. The summed E-state index contributed by atoms with van der Waals surface area (Å²) in [7, 11) is -3.39. The highest BCUT2D eigenvalue weighted by molar-refractivity contribution is 7.88. The van der Waals surface area contributed by atoms with Crippen LogP contribution >= 0.6 is 0 Å². The van der Waals surface area contributed by atoms with Gasteiger partial charge in [-0.15, -0.1) is 0 Å². The molecule has 1 N–H and O–H groups in total. The molecule has 2 rings (SSSR count). The van der Waals surface area contributed by atoms with Crippen LogP contribution in [-0.2, 0) is 14.8 Å². The number of anilines is 1. The average molecular weight is 354 g/mol. The van der Waals surface area contributed by atoms with Gasteiger partial charge < -0.3 is 10.1 Å². The van der Waals surface area contributed by atoms with Crippen molar-refractivity contribution in [2.45, 2.75) is 45.6 Å². The van der Waals surface area contributed by atoms with Crippen LogP contribution in [0.4, 0.5) is 5.69 Å². The van der Waals surface area contributed by atoms with Crippen molar-refractivity contribution >= 4 is 21.6 Å². The average Bonchev–Trinajstić information content (AvgIpc) is 2.54. The number of nitrogens with one attached hydrogen (secondary N) is 1. The number of aryl methyl sites for hydroxylation is 1. The largest absolute Gasteiger partial charge is 0.494 e. The normalized spacial score (nSPS) is 19.0. The molecule has 1 aliphatic heterocycles. The van der Waals surface area contributed by atoms with Crippen molar-refractivity contribution < 1.29 is 17.9 Å². The molecule has 0 spiro atoms. The summed E-state index contributed by atoms with van der Waals surface area (Å²) in [5, 5.41) is 2.86. The Balaban J connectivity index is 2.10. The van der Waals surface area contributed by atoms with Crippen molar-refractivity contribution in [1.82, 2.24) is 4.31 Å². The van der Waals surface area contributed by atoms with E-state index in [2.05, 4.69) is 5.32 Å². The number of sulfonamides is 1. The van der Waals surface area contributed by atoms with Gasteiger partial charge in [-0.25, -0.2) is 8.42 Å². The summed E-state index contributed by atoms with van der Waals surface area (Å²) in [5.41, 5.74) is 1.57. The van der Waals surface area contributed by atoms with Crippen molar-refractivity contribution in [1.29, 1.82) is 0 Å². The number of nitrogens with zero attached hydrogens (tertiary/aromatic N) is 1. The van der Waals surface area contributed by atoms with Gasteiger partial charge in [0.2, 0.25) is 15.9 Å². The van der Waals surface area contributed by atoms with Gasteiger partial charge in [-0.1, -0.05) is 13.3 Å². The maximum absolute atomic E-state index is 12.6. The van der Waals surface area contributed by atoms with Gasteiger partial charge >= 0.3 is 0 Å². The summed E-state index contributed by atoms with van der Waals surface area (Å²) in [6.07, 6.45) is 4.28. The van der Waals surface area contributed by atoms with Crippen molar-refractivity contribution in [3.63, 3.8) is 0 Å². The molecule has 0 aromatic heterocycles. The predicted octanol–water partition coefficient (Wildman–Crippen LogP) is 2.54. The molecule has 1 heterocycles. The van der Waals surface area contributed by atoms with Gasteiger partial charge in [-0.3, -0.25) is 4.79 Å². The van der Waals surface area contributed by atoms with Gasteiger partial charge in [-0.2, -0.15) is 4.31 Å². The second-order valence-corrected chi connectivity index (χ2v) is 8.13. The number of piperidine rings is 1. The molecule has 1 aliphatic rings. The Labute approximate surface area is 144 Å². The molecule has 1 atom stereocenters. The van der Waals surface area contributed by atoms with E-state index < -0.39 is 16.1 Å². The first kappa shape index (κ1) is 18.7. The Morgan fingerprint density at radius 1 is 1.38 bits per heavy atom. The predicted molar refractivity (Wildman–Crippen MR) is 94.8 cm³/mol. The van der Waals surface area contributed by atoms with Gasteiger partial charge in [0.1, 0.15) is 11.8 Å². The minimum atomic E-state index is -3.39. The van der Waals surface area contributed by atoms with Gasteiger partial charge in [0, 0.05) is 12.2 Å². The lowest BCUT2D eigenvalue weighted by Crippen LogP contribution is -2.49. The summed E-state index contributed by atoms with van der Waals surface area (Å²) in [4.78, 5) is 12.6. The first-order valence-electron chi connectivity index (χ1n) is 8.34. The Kier molecular flexibility index (Phi) is 6.23. The standard InChI is InChI=1S/C17H26N2O4S/c1-4-11-23-14-8-9-15(13(2)12-14)18-17(20)16-7-5-6-10-19(16)24(3,21)22/h8-9,12,16H,4-7,10-11H2,1-3H3,(H,18,20). The fourth-order valence-corrected chi connectivity index (χ4v) is 3.99. The molecular formula is C17H26N2O4S. The minimum Gasteiger partial charge on any atom is -0.494 e. The number of benzene rings is 1. The first-order valence-corrected chi connectivity index (χ1v) is 10.2. The van der Waals surface area contributed by atoms with E-state index in [4.69, 9.17) is 4.74 Å². The van der Waals surface area contributed by atoms with E-state index in [-0.39, 0.29) is 5.91 Å². The van der Waals surface area contributed by atoms with E-state index >= 15 is 0 Å².